The van der Waals surface area contributed by atoms with Gasteiger partial charge in [0, 0.05) is 31.1 Å². The van der Waals surface area contributed by atoms with Crippen molar-refractivity contribution in [3.05, 3.63) is 60.0 Å². The van der Waals surface area contributed by atoms with Crippen LogP contribution >= 0.6 is 0 Å². The average Bonchev–Trinajstić information content (AvgIpc) is 3.31. The van der Waals surface area contributed by atoms with Crippen molar-refractivity contribution in [2.75, 3.05) is 0 Å². The molecule has 0 bridgehead atoms. The molecule has 1 saturated carbocycles. The first-order chi connectivity index (χ1) is 11.2. The maximum absolute atomic E-state index is 6.07. The van der Waals surface area contributed by atoms with Crippen molar-refractivity contribution >= 4 is 0 Å². The fourth-order valence-corrected chi connectivity index (χ4v) is 2.77. The van der Waals surface area contributed by atoms with Crippen LogP contribution in [0.3, 0.4) is 0 Å². The SMILES string of the molecule is Cc1cc(C2CC2)ccc1Oc1ccnc(-c2cnn(C)c2)c1. The highest BCUT2D eigenvalue weighted by molar-refractivity contribution is 5.59. The summed E-state index contributed by atoms with van der Waals surface area (Å²) in [5.41, 5.74) is 4.45. The highest BCUT2D eigenvalue weighted by atomic mass is 16.5. The molecule has 4 heteroatoms. The number of benzene rings is 1. The molecule has 4 rings (SSSR count). The van der Waals surface area contributed by atoms with E-state index in [-0.39, 0.29) is 0 Å². The average molecular weight is 305 g/mol. The molecule has 0 aliphatic heterocycles. The lowest BCUT2D eigenvalue weighted by atomic mass is 10.1. The van der Waals surface area contributed by atoms with Crippen molar-refractivity contribution in [2.45, 2.75) is 25.7 Å². The van der Waals surface area contributed by atoms with Gasteiger partial charge in [-0.1, -0.05) is 12.1 Å². The minimum atomic E-state index is 0.765. The number of aromatic nitrogens is 3. The van der Waals surface area contributed by atoms with Crippen molar-refractivity contribution in [3.63, 3.8) is 0 Å². The quantitative estimate of drug-likeness (QED) is 0.714. The van der Waals surface area contributed by atoms with Gasteiger partial charge in [-0.15, -0.1) is 0 Å². The molecule has 2 heterocycles. The van der Waals surface area contributed by atoms with E-state index in [1.54, 1.807) is 10.9 Å². The Bertz CT molecular complexity index is 849. The van der Waals surface area contributed by atoms with E-state index in [0.29, 0.717) is 0 Å². The number of pyridine rings is 1. The molecule has 0 amide bonds. The third kappa shape index (κ3) is 2.97. The largest absolute Gasteiger partial charge is 0.457 e. The van der Waals surface area contributed by atoms with Crippen molar-refractivity contribution in [3.8, 4) is 22.8 Å². The van der Waals surface area contributed by atoms with Crippen molar-refractivity contribution in [1.82, 2.24) is 14.8 Å². The molecule has 116 valence electrons. The first-order valence-corrected chi connectivity index (χ1v) is 7.92. The maximum Gasteiger partial charge on any atom is 0.131 e. The highest BCUT2D eigenvalue weighted by Gasteiger charge is 2.23. The number of rotatable bonds is 4. The molecule has 1 aliphatic carbocycles. The molecule has 4 nitrogen and oxygen atoms in total. The van der Waals surface area contributed by atoms with E-state index in [1.165, 1.54) is 24.0 Å². The van der Waals surface area contributed by atoms with Gasteiger partial charge in [0.2, 0.25) is 0 Å². The summed E-state index contributed by atoms with van der Waals surface area (Å²) in [5.74, 6) is 2.46. The first-order valence-electron chi connectivity index (χ1n) is 7.92. The summed E-state index contributed by atoms with van der Waals surface area (Å²) < 4.78 is 7.84. The summed E-state index contributed by atoms with van der Waals surface area (Å²) in [6.45, 7) is 2.10. The molecule has 0 unspecified atom stereocenters. The van der Waals surface area contributed by atoms with Crippen molar-refractivity contribution < 1.29 is 4.74 Å². The van der Waals surface area contributed by atoms with Crippen LogP contribution in [0.5, 0.6) is 11.5 Å². The minimum absolute atomic E-state index is 0.765. The standard InChI is InChI=1S/C19H19N3O/c1-13-9-15(14-3-4-14)5-6-19(13)23-17-7-8-20-18(10-17)16-11-21-22(2)12-16/h5-12,14H,3-4H2,1-2H3. The lowest BCUT2D eigenvalue weighted by Gasteiger charge is -2.10. The molecular weight excluding hydrogens is 286 g/mol. The number of nitrogens with zero attached hydrogens (tertiary/aromatic N) is 3. The fraction of sp³-hybridized carbons (Fsp3) is 0.263. The van der Waals surface area contributed by atoms with Crippen LogP contribution in [0.15, 0.2) is 48.9 Å². The lowest BCUT2D eigenvalue weighted by Crippen LogP contribution is -1.91. The molecule has 2 aromatic heterocycles. The molecule has 0 radical (unpaired) electrons. The molecule has 0 N–H and O–H groups in total. The van der Waals surface area contributed by atoms with Gasteiger partial charge in [0.1, 0.15) is 11.5 Å². The van der Waals surface area contributed by atoms with Gasteiger partial charge in [-0.25, -0.2) is 0 Å². The van der Waals surface area contributed by atoms with Gasteiger partial charge >= 0.3 is 0 Å². The van der Waals surface area contributed by atoms with Gasteiger partial charge in [-0.2, -0.15) is 5.10 Å². The van der Waals surface area contributed by atoms with E-state index in [0.717, 1.165) is 28.7 Å². The van der Waals surface area contributed by atoms with E-state index in [2.05, 4.69) is 35.2 Å². The van der Waals surface area contributed by atoms with Crippen LogP contribution in [-0.2, 0) is 7.05 Å². The van der Waals surface area contributed by atoms with E-state index in [4.69, 9.17) is 4.74 Å². The zero-order valence-electron chi connectivity index (χ0n) is 13.4. The number of ether oxygens (including phenoxy) is 1. The minimum Gasteiger partial charge on any atom is -0.457 e. The summed E-state index contributed by atoms with van der Waals surface area (Å²) >= 11 is 0. The number of hydrogen-bond donors (Lipinski definition) is 0. The molecule has 1 aliphatic rings. The van der Waals surface area contributed by atoms with Crippen molar-refractivity contribution in [1.29, 1.82) is 0 Å². The summed E-state index contributed by atoms with van der Waals surface area (Å²) in [5, 5.41) is 4.19. The second kappa shape index (κ2) is 5.54. The summed E-state index contributed by atoms with van der Waals surface area (Å²) in [7, 11) is 1.90. The van der Waals surface area contributed by atoms with Gasteiger partial charge in [0.05, 0.1) is 11.9 Å². The molecule has 0 atom stereocenters. The van der Waals surface area contributed by atoms with Crippen LogP contribution in [0.25, 0.3) is 11.3 Å². The van der Waals surface area contributed by atoms with Crippen LogP contribution in [-0.4, -0.2) is 14.8 Å². The van der Waals surface area contributed by atoms with E-state index < -0.39 is 0 Å². The third-order valence-corrected chi connectivity index (χ3v) is 4.21. The van der Waals surface area contributed by atoms with E-state index in [9.17, 15) is 0 Å². The Labute approximate surface area is 135 Å². The molecule has 1 fully saturated rings. The fourth-order valence-electron chi connectivity index (χ4n) is 2.77. The second-order valence-corrected chi connectivity index (χ2v) is 6.18. The van der Waals surface area contributed by atoms with Crippen LogP contribution < -0.4 is 4.74 Å². The van der Waals surface area contributed by atoms with Gasteiger partial charge in [-0.3, -0.25) is 9.67 Å². The van der Waals surface area contributed by atoms with E-state index >= 15 is 0 Å². The first kappa shape index (κ1) is 14.0. The Kier molecular flexibility index (Phi) is 3.37. The number of aryl methyl sites for hydroxylation is 2. The summed E-state index contributed by atoms with van der Waals surface area (Å²) in [4.78, 5) is 4.40. The molecular formula is C19H19N3O. The highest BCUT2D eigenvalue weighted by Crippen LogP contribution is 2.41. The Morgan fingerprint density at radius 1 is 1.17 bits per heavy atom. The Balaban J connectivity index is 1.59. The van der Waals surface area contributed by atoms with Crippen LogP contribution in [0.1, 0.15) is 29.9 Å². The van der Waals surface area contributed by atoms with E-state index in [1.807, 2.05) is 31.6 Å². The normalized spacial score (nSPS) is 14.0. The molecule has 0 saturated heterocycles. The van der Waals surface area contributed by atoms with Gasteiger partial charge < -0.3 is 4.74 Å². The Hall–Kier alpha value is -2.62. The maximum atomic E-state index is 6.07. The van der Waals surface area contributed by atoms with Gasteiger partial charge in [-0.05, 0) is 48.9 Å². The molecule has 3 aromatic rings. The number of hydrogen-bond acceptors (Lipinski definition) is 3. The summed E-state index contributed by atoms with van der Waals surface area (Å²) in [6.07, 6.45) is 8.16. The Morgan fingerprint density at radius 2 is 2.04 bits per heavy atom. The van der Waals surface area contributed by atoms with Gasteiger partial charge in [0.25, 0.3) is 0 Å². The second-order valence-electron chi connectivity index (χ2n) is 6.18. The Morgan fingerprint density at radius 3 is 2.74 bits per heavy atom. The van der Waals surface area contributed by atoms with Gasteiger partial charge in [0.15, 0.2) is 0 Å². The van der Waals surface area contributed by atoms with Crippen LogP contribution in [0.4, 0.5) is 0 Å². The topological polar surface area (TPSA) is 39.9 Å². The molecule has 23 heavy (non-hydrogen) atoms. The predicted molar refractivity (Wildman–Crippen MR) is 89.7 cm³/mol. The monoisotopic (exact) mass is 305 g/mol. The third-order valence-electron chi connectivity index (χ3n) is 4.21. The van der Waals surface area contributed by atoms with Crippen LogP contribution in [0, 0.1) is 6.92 Å². The van der Waals surface area contributed by atoms with Crippen molar-refractivity contribution in [2.24, 2.45) is 7.05 Å². The molecule has 1 aromatic carbocycles. The molecule has 0 spiro atoms. The zero-order chi connectivity index (χ0) is 15.8. The van der Waals surface area contributed by atoms with Crippen LogP contribution in [0.2, 0.25) is 0 Å². The lowest BCUT2D eigenvalue weighted by molar-refractivity contribution is 0.478. The smallest absolute Gasteiger partial charge is 0.131 e. The predicted octanol–water partition coefficient (Wildman–Crippen LogP) is 4.46. The summed E-state index contributed by atoms with van der Waals surface area (Å²) in [6, 6.07) is 10.3. The zero-order valence-corrected chi connectivity index (χ0v) is 13.4.